The fraction of sp³-hybridized carbons (Fsp3) is 0.125. The summed E-state index contributed by atoms with van der Waals surface area (Å²) in [6.07, 6.45) is 3.58. The summed E-state index contributed by atoms with van der Waals surface area (Å²) < 4.78 is 4.71. The largest absolute Gasteiger partial charge is 0.346 e. The molecule has 0 amide bonds. The molecule has 2 aromatic heterocycles. The molecule has 2 heterocycles. The number of aromatic amines is 1. The van der Waals surface area contributed by atoms with Crippen LogP contribution in [0.2, 0.25) is 0 Å². The van der Waals surface area contributed by atoms with E-state index in [2.05, 4.69) is 14.9 Å². The summed E-state index contributed by atoms with van der Waals surface area (Å²) in [6.45, 7) is 0. The monoisotopic (exact) mass is 196 g/mol. The molecule has 2 aromatic rings. The minimum Gasteiger partial charge on any atom is -0.346 e. The van der Waals surface area contributed by atoms with Gasteiger partial charge in [-0.25, -0.2) is 9.87 Å². The second kappa shape index (κ2) is 3.78. The fourth-order valence-electron chi connectivity index (χ4n) is 1.04. The van der Waals surface area contributed by atoms with E-state index in [1.54, 1.807) is 6.20 Å². The summed E-state index contributed by atoms with van der Waals surface area (Å²) in [5.74, 6) is 0. The second-order valence-electron chi connectivity index (χ2n) is 2.40. The van der Waals surface area contributed by atoms with Crippen molar-refractivity contribution in [1.82, 2.24) is 9.97 Å². The highest BCUT2D eigenvalue weighted by molar-refractivity contribution is 7.94. The Morgan fingerprint density at radius 1 is 1.54 bits per heavy atom. The van der Waals surface area contributed by atoms with Crippen molar-refractivity contribution >= 4 is 23.1 Å². The van der Waals surface area contributed by atoms with Gasteiger partial charge in [-0.15, -0.1) is 0 Å². The lowest BCUT2D eigenvalue weighted by Crippen LogP contribution is -1.80. The minimum absolute atomic E-state index is 0.877. The van der Waals surface area contributed by atoms with Gasteiger partial charge in [0.05, 0.1) is 24.0 Å². The van der Waals surface area contributed by atoms with E-state index in [9.17, 15) is 0 Å². The maximum Gasteiger partial charge on any atom is 0.137 e. The topological polar surface area (TPSA) is 47.1 Å². The highest BCUT2D eigenvalue weighted by Crippen LogP contribution is 2.21. The zero-order valence-electron chi connectivity index (χ0n) is 6.98. The van der Waals surface area contributed by atoms with Crippen LogP contribution in [0, 0.1) is 0 Å². The lowest BCUT2D eigenvalue weighted by molar-refractivity contribution is -0.160. The first kappa shape index (κ1) is 8.55. The molecule has 0 aromatic carbocycles. The molecule has 0 saturated carbocycles. The van der Waals surface area contributed by atoms with Gasteiger partial charge >= 0.3 is 0 Å². The fourth-order valence-corrected chi connectivity index (χ4v) is 1.46. The number of hydrogen-bond acceptors (Lipinski definition) is 4. The number of nitrogens with one attached hydrogen (secondary N) is 1. The van der Waals surface area contributed by atoms with E-state index >= 15 is 0 Å². The van der Waals surface area contributed by atoms with Crippen LogP contribution in [-0.2, 0) is 9.22 Å². The van der Waals surface area contributed by atoms with Crippen molar-refractivity contribution in [2.45, 2.75) is 4.90 Å². The van der Waals surface area contributed by atoms with Crippen molar-refractivity contribution in [3.05, 3.63) is 24.5 Å². The molecule has 0 aliphatic rings. The molecule has 5 heteroatoms. The van der Waals surface area contributed by atoms with Crippen LogP contribution in [0.25, 0.3) is 11.0 Å². The number of aromatic nitrogens is 2. The molecule has 0 fully saturated rings. The molecule has 0 bridgehead atoms. The highest BCUT2D eigenvalue weighted by Gasteiger charge is 1.99. The average molecular weight is 196 g/mol. The first-order valence-electron chi connectivity index (χ1n) is 3.70. The molecule has 0 aliphatic carbocycles. The van der Waals surface area contributed by atoms with Gasteiger partial charge in [-0.3, -0.25) is 0 Å². The SMILES string of the molecule is COOSc1cnc2[nH]ccc2c1. The molecule has 0 radical (unpaired) electrons. The Morgan fingerprint density at radius 3 is 3.31 bits per heavy atom. The maximum absolute atomic E-state index is 4.71. The summed E-state index contributed by atoms with van der Waals surface area (Å²) in [4.78, 5) is 12.6. The third-order valence-corrected chi connectivity index (χ3v) is 2.19. The third kappa shape index (κ3) is 1.82. The summed E-state index contributed by atoms with van der Waals surface area (Å²) in [7, 11) is 1.47. The highest BCUT2D eigenvalue weighted by atomic mass is 32.2. The van der Waals surface area contributed by atoms with Gasteiger partial charge in [0.2, 0.25) is 0 Å². The van der Waals surface area contributed by atoms with Crippen LogP contribution >= 0.6 is 12.0 Å². The molecular formula is C8H8N2O2S. The summed E-state index contributed by atoms with van der Waals surface area (Å²) in [5, 5.41) is 1.06. The van der Waals surface area contributed by atoms with Crippen LogP contribution in [0.1, 0.15) is 0 Å². The minimum atomic E-state index is 0.877. The molecule has 68 valence electrons. The Morgan fingerprint density at radius 2 is 2.46 bits per heavy atom. The van der Waals surface area contributed by atoms with E-state index in [0.717, 1.165) is 28.0 Å². The molecule has 13 heavy (non-hydrogen) atoms. The predicted molar refractivity (Wildman–Crippen MR) is 50.0 cm³/mol. The smallest absolute Gasteiger partial charge is 0.137 e. The van der Waals surface area contributed by atoms with Crippen molar-refractivity contribution in [2.24, 2.45) is 0 Å². The number of rotatable bonds is 3. The van der Waals surface area contributed by atoms with E-state index in [1.807, 2.05) is 18.3 Å². The van der Waals surface area contributed by atoms with Crippen LogP contribution in [-0.4, -0.2) is 17.1 Å². The molecule has 0 spiro atoms. The zero-order chi connectivity index (χ0) is 9.10. The van der Waals surface area contributed by atoms with Crippen molar-refractivity contribution in [3.8, 4) is 0 Å². The Hall–Kier alpha value is -1.04. The molecule has 0 atom stereocenters. The second-order valence-corrected chi connectivity index (χ2v) is 3.18. The summed E-state index contributed by atoms with van der Waals surface area (Å²) >= 11 is 1.14. The number of hydrogen-bond donors (Lipinski definition) is 1. The lowest BCUT2D eigenvalue weighted by atomic mass is 10.3. The molecular weight excluding hydrogens is 188 g/mol. The Kier molecular flexibility index (Phi) is 2.49. The van der Waals surface area contributed by atoms with Gasteiger partial charge in [0.1, 0.15) is 5.65 Å². The Bertz CT molecular complexity index is 402. The van der Waals surface area contributed by atoms with E-state index < -0.39 is 0 Å². The van der Waals surface area contributed by atoms with Gasteiger partial charge in [0, 0.05) is 17.8 Å². The number of pyridine rings is 1. The van der Waals surface area contributed by atoms with E-state index in [1.165, 1.54) is 7.11 Å². The van der Waals surface area contributed by atoms with Crippen LogP contribution < -0.4 is 0 Å². The van der Waals surface area contributed by atoms with E-state index in [-0.39, 0.29) is 0 Å². The van der Waals surface area contributed by atoms with Crippen LogP contribution in [0.15, 0.2) is 29.4 Å². The lowest BCUT2D eigenvalue weighted by Gasteiger charge is -1.97. The van der Waals surface area contributed by atoms with Crippen molar-refractivity contribution in [1.29, 1.82) is 0 Å². The quantitative estimate of drug-likeness (QED) is 0.464. The van der Waals surface area contributed by atoms with Crippen molar-refractivity contribution in [2.75, 3.05) is 7.11 Å². The standard InChI is InChI=1S/C8H8N2O2S/c1-11-12-13-7-4-6-2-3-9-8(6)10-5-7/h2-5H,1H3,(H,9,10). The Labute approximate surface area is 79.4 Å². The Balaban J connectivity index is 2.26. The van der Waals surface area contributed by atoms with E-state index in [0.29, 0.717) is 0 Å². The average Bonchev–Trinajstić information content (AvgIpc) is 2.61. The van der Waals surface area contributed by atoms with E-state index in [4.69, 9.17) is 4.33 Å². The van der Waals surface area contributed by atoms with Gasteiger partial charge in [0.25, 0.3) is 0 Å². The predicted octanol–water partition coefficient (Wildman–Crippen LogP) is 2.15. The summed E-state index contributed by atoms with van der Waals surface area (Å²) in [5.41, 5.74) is 0.877. The van der Waals surface area contributed by atoms with Gasteiger partial charge in [0.15, 0.2) is 0 Å². The molecule has 1 N–H and O–H groups in total. The van der Waals surface area contributed by atoms with Crippen LogP contribution in [0.3, 0.4) is 0 Å². The number of H-pyrrole nitrogens is 1. The number of nitrogens with zero attached hydrogens (tertiary/aromatic N) is 1. The first-order valence-corrected chi connectivity index (χ1v) is 4.45. The van der Waals surface area contributed by atoms with Gasteiger partial charge in [-0.2, -0.15) is 4.33 Å². The van der Waals surface area contributed by atoms with Gasteiger partial charge < -0.3 is 4.98 Å². The number of fused-ring (bicyclic) bond motifs is 1. The maximum atomic E-state index is 4.71. The molecule has 2 rings (SSSR count). The molecule has 0 unspecified atom stereocenters. The normalized spacial score (nSPS) is 10.8. The van der Waals surface area contributed by atoms with Crippen LogP contribution in [0.5, 0.6) is 0 Å². The van der Waals surface area contributed by atoms with Gasteiger partial charge in [-0.1, -0.05) is 0 Å². The van der Waals surface area contributed by atoms with Crippen molar-refractivity contribution in [3.63, 3.8) is 0 Å². The van der Waals surface area contributed by atoms with Gasteiger partial charge in [-0.05, 0) is 12.1 Å². The third-order valence-electron chi connectivity index (χ3n) is 1.57. The molecule has 0 saturated heterocycles. The zero-order valence-corrected chi connectivity index (χ0v) is 7.80. The first-order chi connectivity index (χ1) is 6.40. The summed E-state index contributed by atoms with van der Waals surface area (Å²) in [6, 6.07) is 3.93. The van der Waals surface area contributed by atoms with Crippen LogP contribution in [0.4, 0.5) is 0 Å². The van der Waals surface area contributed by atoms with Crippen molar-refractivity contribution < 1.29 is 9.22 Å². The molecule has 0 aliphatic heterocycles. The molecule has 4 nitrogen and oxygen atoms in total.